The SMILES string of the molecule is CCCc1nc(N)cc(NCC2(CO)CCCC2)n1. The van der Waals surface area contributed by atoms with Gasteiger partial charge in [-0.05, 0) is 19.3 Å². The van der Waals surface area contributed by atoms with Crippen molar-refractivity contribution in [3.05, 3.63) is 11.9 Å². The van der Waals surface area contributed by atoms with Crippen LogP contribution in [-0.2, 0) is 6.42 Å². The van der Waals surface area contributed by atoms with E-state index in [1.54, 1.807) is 6.07 Å². The molecule has 1 saturated carbocycles. The Balaban J connectivity index is 2.02. The van der Waals surface area contributed by atoms with E-state index in [4.69, 9.17) is 5.73 Å². The average Bonchev–Trinajstić information content (AvgIpc) is 2.86. The molecular formula is C14H24N4O. The average molecular weight is 264 g/mol. The zero-order valence-electron chi connectivity index (χ0n) is 11.7. The minimum atomic E-state index is 0.0185. The first-order valence-corrected chi connectivity index (χ1v) is 7.16. The third kappa shape index (κ3) is 3.56. The molecule has 0 spiro atoms. The van der Waals surface area contributed by atoms with Crippen LogP contribution < -0.4 is 11.1 Å². The summed E-state index contributed by atoms with van der Waals surface area (Å²) in [7, 11) is 0. The van der Waals surface area contributed by atoms with Crippen LogP contribution in [0.4, 0.5) is 11.6 Å². The van der Waals surface area contributed by atoms with Crippen molar-refractivity contribution in [2.24, 2.45) is 5.41 Å². The molecule has 1 aromatic rings. The van der Waals surface area contributed by atoms with Gasteiger partial charge in [0.1, 0.15) is 17.5 Å². The van der Waals surface area contributed by atoms with E-state index >= 15 is 0 Å². The molecule has 4 N–H and O–H groups in total. The maximum atomic E-state index is 9.59. The van der Waals surface area contributed by atoms with Gasteiger partial charge < -0.3 is 16.2 Å². The predicted octanol–water partition coefficient (Wildman–Crippen LogP) is 1.98. The van der Waals surface area contributed by atoms with Gasteiger partial charge in [0.05, 0.1) is 6.61 Å². The molecule has 5 nitrogen and oxygen atoms in total. The number of nitrogens with two attached hydrogens (primary N) is 1. The number of nitrogen functional groups attached to an aromatic ring is 1. The Hall–Kier alpha value is -1.36. The van der Waals surface area contributed by atoms with Crippen molar-refractivity contribution < 1.29 is 5.11 Å². The van der Waals surface area contributed by atoms with Crippen LogP contribution in [0.25, 0.3) is 0 Å². The van der Waals surface area contributed by atoms with Gasteiger partial charge in [-0.15, -0.1) is 0 Å². The number of rotatable bonds is 6. The Labute approximate surface area is 114 Å². The highest BCUT2D eigenvalue weighted by Crippen LogP contribution is 2.37. The molecule has 0 saturated heterocycles. The molecule has 0 atom stereocenters. The number of aryl methyl sites for hydroxylation is 1. The van der Waals surface area contributed by atoms with Crippen molar-refractivity contribution in [1.29, 1.82) is 0 Å². The molecule has 19 heavy (non-hydrogen) atoms. The van der Waals surface area contributed by atoms with Crippen molar-refractivity contribution in [3.8, 4) is 0 Å². The molecular weight excluding hydrogens is 240 g/mol. The molecule has 1 aliphatic rings. The van der Waals surface area contributed by atoms with E-state index in [0.29, 0.717) is 5.82 Å². The van der Waals surface area contributed by atoms with Gasteiger partial charge in [0, 0.05) is 24.4 Å². The van der Waals surface area contributed by atoms with Gasteiger partial charge in [0.15, 0.2) is 0 Å². The van der Waals surface area contributed by atoms with E-state index in [-0.39, 0.29) is 12.0 Å². The van der Waals surface area contributed by atoms with Crippen LogP contribution in [0.2, 0.25) is 0 Å². The molecule has 0 aliphatic heterocycles. The van der Waals surface area contributed by atoms with Gasteiger partial charge >= 0.3 is 0 Å². The highest BCUT2D eigenvalue weighted by atomic mass is 16.3. The summed E-state index contributed by atoms with van der Waals surface area (Å²) < 4.78 is 0. The topological polar surface area (TPSA) is 84.1 Å². The molecule has 1 fully saturated rings. The van der Waals surface area contributed by atoms with Crippen LogP contribution in [0.15, 0.2) is 6.07 Å². The second-order valence-corrected chi connectivity index (χ2v) is 5.56. The lowest BCUT2D eigenvalue weighted by Crippen LogP contribution is -2.30. The van der Waals surface area contributed by atoms with E-state index in [9.17, 15) is 5.11 Å². The second kappa shape index (κ2) is 6.19. The van der Waals surface area contributed by atoms with Crippen LogP contribution in [0, 0.1) is 5.41 Å². The van der Waals surface area contributed by atoms with Crippen LogP contribution in [-0.4, -0.2) is 28.2 Å². The number of nitrogens with zero attached hydrogens (tertiary/aromatic N) is 2. The van der Waals surface area contributed by atoms with Crippen molar-refractivity contribution >= 4 is 11.6 Å². The van der Waals surface area contributed by atoms with Crippen molar-refractivity contribution in [1.82, 2.24) is 9.97 Å². The molecule has 2 rings (SSSR count). The van der Waals surface area contributed by atoms with Gasteiger partial charge in [0.25, 0.3) is 0 Å². The Morgan fingerprint density at radius 1 is 1.37 bits per heavy atom. The zero-order valence-corrected chi connectivity index (χ0v) is 11.7. The van der Waals surface area contributed by atoms with Crippen LogP contribution in [0.1, 0.15) is 44.9 Å². The minimum absolute atomic E-state index is 0.0185. The highest BCUT2D eigenvalue weighted by Gasteiger charge is 2.32. The van der Waals surface area contributed by atoms with Crippen molar-refractivity contribution in [2.75, 3.05) is 24.2 Å². The Bertz CT molecular complexity index is 416. The molecule has 0 radical (unpaired) electrons. The molecule has 0 aromatic carbocycles. The maximum Gasteiger partial charge on any atom is 0.133 e. The number of hydrogen-bond donors (Lipinski definition) is 3. The van der Waals surface area contributed by atoms with Gasteiger partial charge in [-0.3, -0.25) is 0 Å². The van der Waals surface area contributed by atoms with Crippen molar-refractivity contribution in [3.63, 3.8) is 0 Å². The molecule has 0 amide bonds. The number of aliphatic hydroxyl groups excluding tert-OH is 1. The van der Waals surface area contributed by atoms with E-state index in [1.807, 2.05) is 0 Å². The Kier molecular flexibility index (Phi) is 4.58. The summed E-state index contributed by atoms with van der Waals surface area (Å²) in [6.45, 7) is 3.09. The standard InChI is InChI=1S/C14H24N4O/c1-2-5-12-17-11(15)8-13(18-12)16-9-14(10-19)6-3-4-7-14/h8,19H,2-7,9-10H2,1H3,(H3,15,16,17,18). The lowest BCUT2D eigenvalue weighted by atomic mass is 9.87. The molecule has 0 unspecified atom stereocenters. The normalized spacial score (nSPS) is 17.6. The molecule has 1 heterocycles. The number of anilines is 2. The molecule has 5 heteroatoms. The monoisotopic (exact) mass is 264 g/mol. The predicted molar refractivity (Wildman–Crippen MR) is 76.9 cm³/mol. The zero-order chi connectivity index (χ0) is 13.7. The van der Waals surface area contributed by atoms with Crippen LogP contribution in [0.5, 0.6) is 0 Å². The van der Waals surface area contributed by atoms with Crippen LogP contribution in [0.3, 0.4) is 0 Å². The summed E-state index contributed by atoms with van der Waals surface area (Å²) in [6.07, 6.45) is 6.41. The largest absolute Gasteiger partial charge is 0.396 e. The molecule has 1 aliphatic carbocycles. The summed E-state index contributed by atoms with van der Waals surface area (Å²) in [5.74, 6) is 2.07. The summed E-state index contributed by atoms with van der Waals surface area (Å²) in [5.41, 5.74) is 5.82. The summed E-state index contributed by atoms with van der Waals surface area (Å²) >= 11 is 0. The fourth-order valence-corrected chi connectivity index (χ4v) is 2.74. The Morgan fingerprint density at radius 3 is 2.74 bits per heavy atom. The van der Waals surface area contributed by atoms with Gasteiger partial charge in [-0.1, -0.05) is 19.8 Å². The van der Waals surface area contributed by atoms with Gasteiger partial charge in [-0.25, -0.2) is 9.97 Å². The van der Waals surface area contributed by atoms with Crippen molar-refractivity contribution in [2.45, 2.75) is 45.4 Å². The number of aliphatic hydroxyl groups is 1. The molecule has 1 aromatic heterocycles. The third-order valence-corrected chi connectivity index (χ3v) is 3.91. The first-order chi connectivity index (χ1) is 9.17. The molecule has 0 bridgehead atoms. The van der Waals surface area contributed by atoms with Gasteiger partial charge in [0.2, 0.25) is 0 Å². The minimum Gasteiger partial charge on any atom is -0.396 e. The van der Waals surface area contributed by atoms with E-state index in [0.717, 1.165) is 43.9 Å². The van der Waals surface area contributed by atoms with E-state index in [2.05, 4.69) is 22.2 Å². The fraction of sp³-hybridized carbons (Fsp3) is 0.714. The Morgan fingerprint density at radius 2 is 2.11 bits per heavy atom. The summed E-state index contributed by atoms with van der Waals surface area (Å²) in [4.78, 5) is 8.68. The van der Waals surface area contributed by atoms with E-state index < -0.39 is 0 Å². The maximum absolute atomic E-state index is 9.59. The number of hydrogen-bond acceptors (Lipinski definition) is 5. The fourth-order valence-electron chi connectivity index (χ4n) is 2.74. The smallest absolute Gasteiger partial charge is 0.133 e. The first-order valence-electron chi connectivity index (χ1n) is 7.16. The first kappa shape index (κ1) is 14.1. The van der Waals surface area contributed by atoms with Crippen LogP contribution >= 0.6 is 0 Å². The number of nitrogens with one attached hydrogen (secondary N) is 1. The lowest BCUT2D eigenvalue weighted by molar-refractivity contribution is 0.142. The lowest BCUT2D eigenvalue weighted by Gasteiger charge is -2.26. The molecule has 106 valence electrons. The number of aromatic nitrogens is 2. The van der Waals surface area contributed by atoms with E-state index in [1.165, 1.54) is 12.8 Å². The quantitative estimate of drug-likeness (QED) is 0.731. The highest BCUT2D eigenvalue weighted by molar-refractivity contribution is 5.44. The third-order valence-electron chi connectivity index (χ3n) is 3.91. The summed E-state index contributed by atoms with van der Waals surface area (Å²) in [6, 6.07) is 1.76. The van der Waals surface area contributed by atoms with Gasteiger partial charge in [-0.2, -0.15) is 0 Å². The second-order valence-electron chi connectivity index (χ2n) is 5.56. The summed E-state index contributed by atoms with van der Waals surface area (Å²) in [5, 5.41) is 12.9.